The standard InChI is InChI=1S/C9H9BrN2/c10-8-4-2-1-3-7(8)9-11-5-6-12-9/h1-6,9,11-12H. The molecule has 0 fully saturated rings. The van der Waals surface area contributed by atoms with Gasteiger partial charge in [0.1, 0.15) is 6.17 Å². The minimum Gasteiger partial charge on any atom is -0.366 e. The molecule has 2 nitrogen and oxygen atoms in total. The van der Waals surface area contributed by atoms with E-state index in [-0.39, 0.29) is 6.17 Å². The van der Waals surface area contributed by atoms with E-state index in [2.05, 4.69) is 32.6 Å². The summed E-state index contributed by atoms with van der Waals surface area (Å²) in [4.78, 5) is 0. The van der Waals surface area contributed by atoms with E-state index < -0.39 is 0 Å². The molecule has 1 aromatic carbocycles. The minimum absolute atomic E-state index is 0.209. The van der Waals surface area contributed by atoms with E-state index in [9.17, 15) is 0 Å². The molecule has 0 spiro atoms. The molecule has 2 N–H and O–H groups in total. The summed E-state index contributed by atoms with van der Waals surface area (Å²) in [6.07, 6.45) is 4.02. The maximum Gasteiger partial charge on any atom is 0.123 e. The lowest BCUT2D eigenvalue weighted by Crippen LogP contribution is -2.21. The molecule has 0 unspecified atom stereocenters. The summed E-state index contributed by atoms with van der Waals surface area (Å²) in [6.45, 7) is 0. The molecule has 0 aliphatic carbocycles. The van der Waals surface area contributed by atoms with Gasteiger partial charge < -0.3 is 10.6 Å². The first-order valence-electron chi connectivity index (χ1n) is 3.79. The van der Waals surface area contributed by atoms with E-state index in [1.165, 1.54) is 5.56 Å². The van der Waals surface area contributed by atoms with Crippen molar-refractivity contribution in [1.82, 2.24) is 10.6 Å². The number of benzene rings is 1. The lowest BCUT2D eigenvalue weighted by Gasteiger charge is -2.13. The highest BCUT2D eigenvalue weighted by molar-refractivity contribution is 9.10. The van der Waals surface area contributed by atoms with Gasteiger partial charge in [-0.3, -0.25) is 0 Å². The van der Waals surface area contributed by atoms with Crippen LogP contribution in [-0.4, -0.2) is 0 Å². The summed E-state index contributed by atoms with van der Waals surface area (Å²) < 4.78 is 1.12. The van der Waals surface area contributed by atoms with E-state index in [1.807, 2.05) is 30.6 Å². The van der Waals surface area contributed by atoms with E-state index in [0.29, 0.717) is 0 Å². The van der Waals surface area contributed by atoms with Crippen LogP contribution in [0.1, 0.15) is 11.7 Å². The highest BCUT2D eigenvalue weighted by Gasteiger charge is 2.12. The van der Waals surface area contributed by atoms with Crippen molar-refractivity contribution in [2.24, 2.45) is 0 Å². The summed E-state index contributed by atoms with van der Waals surface area (Å²) >= 11 is 3.50. The predicted octanol–water partition coefficient (Wildman–Crippen LogP) is 2.11. The molecule has 2 rings (SSSR count). The van der Waals surface area contributed by atoms with Gasteiger partial charge in [-0.05, 0) is 6.07 Å². The van der Waals surface area contributed by atoms with Gasteiger partial charge in [-0.2, -0.15) is 0 Å². The van der Waals surface area contributed by atoms with Crippen molar-refractivity contribution in [2.45, 2.75) is 6.17 Å². The lowest BCUT2D eigenvalue weighted by atomic mass is 10.2. The average molecular weight is 225 g/mol. The second-order valence-corrected chi connectivity index (χ2v) is 3.48. The Hall–Kier alpha value is -0.960. The predicted molar refractivity (Wildman–Crippen MR) is 52.3 cm³/mol. The zero-order chi connectivity index (χ0) is 8.39. The van der Waals surface area contributed by atoms with Gasteiger partial charge >= 0.3 is 0 Å². The van der Waals surface area contributed by atoms with Crippen LogP contribution in [0, 0.1) is 0 Å². The molecule has 0 radical (unpaired) electrons. The normalized spacial score (nSPS) is 15.8. The summed E-state index contributed by atoms with van der Waals surface area (Å²) in [6, 6.07) is 8.16. The zero-order valence-electron chi connectivity index (χ0n) is 6.42. The molecule has 0 amide bonds. The number of hydrogen-bond acceptors (Lipinski definition) is 2. The van der Waals surface area contributed by atoms with E-state index in [1.54, 1.807) is 0 Å². The molecule has 1 aliphatic heterocycles. The van der Waals surface area contributed by atoms with Crippen LogP contribution in [0.2, 0.25) is 0 Å². The molecule has 1 aromatic rings. The van der Waals surface area contributed by atoms with Crippen molar-refractivity contribution in [3.05, 3.63) is 46.7 Å². The fourth-order valence-corrected chi connectivity index (χ4v) is 1.74. The first-order chi connectivity index (χ1) is 5.88. The molecular weight excluding hydrogens is 216 g/mol. The molecule has 0 saturated heterocycles. The third kappa shape index (κ3) is 1.32. The SMILES string of the molecule is Brc1ccccc1C1NC=CN1. The molecule has 0 bridgehead atoms. The molecule has 1 heterocycles. The summed E-state index contributed by atoms with van der Waals surface area (Å²) in [7, 11) is 0. The first kappa shape index (κ1) is 7.68. The second-order valence-electron chi connectivity index (χ2n) is 2.62. The molecule has 0 aromatic heterocycles. The summed E-state index contributed by atoms with van der Waals surface area (Å²) in [5.74, 6) is 0. The van der Waals surface area contributed by atoms with Crippen molar-refractivity contribution < 1.29 is 0 Å². The van der Waals surface area contributed by atoms with Gasteiger partial charge in [0.15, 0.2) is 0 Å². The van der Waals surface area contributed by atoms with Crippen molar-refractivity contribution >= 4 is 15.9 Å². The van der Waals surface area contributed by atoms with Gasteiger partial charge in [-0.25, -0.2) is 0 Å². The van der Waals surface area contributed by atoms with Crippen LogP contribution in [0.15, 0.2) is 41.1 Å². The topological polar surface area (TPSA) is 24.1 Å². The van der Waals surface area contributed by atoms with Gasteiger partial charge in [-0.15, -0.1) is 0 Å². The van der Waals surface area contributed by atoms with Crippen LogP contribution >= 0.6 is 15.9 Å². The maximum absolute atomic E-state index is 3.50. The van der Waals surface area contributed by atoms with Crippen molar-refractivity contribution in [3.8, 4) is 0 Å². The van der Waals surface area contributed by atoms with E-state index in [0.717, 1.165) is 4.47 Å². The molecule has 1 aliphatic rings. The van der Waals surface area contributed by atoms with Gasteiger partial charge in [0, 0.05) is 22.4 Å². The Morgan fingerprint density at radius 1 is 1.08 bits per heavy atom. The number of nitrogens with one attached hydrogen (secondary N) is 2. The summed E-state index contributed by atoms with van der Waals surface area (Å²) in [5, 5.41) is 6.38. The Bertz CT molecular complexity index is 301. The fraction of sp³-hybridized carbons (Fsp3) is 0.111. The van der Waals surface area contributed by atoms with E-state index >= 15 is 0 Å². The third-order valence-corrected chi connectivity index (χ3v) is 2.55. The average Bonchev–Trinajstić information content (AvgIpc) is 2.57. The first-order valence-corrected chi connectivity index (χ1v) is 4.59. The van der Waals surface area contributed by atoms with E-state index in [4.69, 9.17) is 0 Å². The Kier molecular flexibility index (Phi) is 2.04. The quantitative estimate of drug-likeness (QED) is 0.764. The van der Waals surface area contributed by atoms with Crippen molar-refractivity contribution in [3.63, 3.8) is 0 Å². The van der Waals surface area contributed by atoms with Crippen LogP contribution in [0.4, 0.5) is 0 Å². The lowest BCUT2D eigenvalue weighted by molar-refractivity contribution is 0.605. The molecule has 62 valence electrons. The van der Waals surface area contributed by atoms with Crippen LogP contribution in [0.5, 0.6) is 0 Å². The van der Waals surface area contributed by atoms with Crippen LogP contribution in [0.3, 0.4) is 0 Å². The van der Waals surface area contributed by atoms with Crippen molar-refractivity contribution in [2.75, 3.05) is 0 Å². The number of rotatable bonds is 1. The van der Waals surface area contributed by atoms with Crippen LogP contribution < -0.4 is 10.6 Å². The highest BCUT2D eigenvalue weighted by atomic mass is 79.9. The smallest absolute Gasteiger partial charge is 0.123 e. The Labute approximate surface area is 79.8 Å². The second kappa shape index (κ2) is 3.19. The molecule has 0 saturated carbocycles. The maximum atomic E-state index is 3.50. The number of halogens is 1. The Balaban J connectivity index is 2.27. The number of hydrogen-bond donors (Lipinski definition) is 2. The molecule has 3 heteroatoms. The third-order valence-electron chi connectivity index (χ3n) is 1.83. The van der Waals surface area contributed by atoms with Gasteiger partial charge in [0.25, 0.3) is 0 Å². The van der Waals surface area contributed by atoms with Crippen LogP contribution in [0.25, 0.3) is 0 Å². The Morgan fingerprint density at radius 2 is 1.75 bits per heavy atom. The van der Waals surface area contributed by atoms with Crippen molar-refractivity contribution in [1.29, 1.82) is 0 Å². The van der Waals surface area contributed by atoms with Crippen LogP contribution in [-0.2, 0) is 0 Å². The Morgan fingerprint density at radius 3 is 2.42 bits per heavy atom. The monoisotopic (exact) mass is 224 g/mol. The zero-order valence-corrected chi connectivity index (χ0v) is 8.01. The summed E-state index contributed by atoms with van der Waals surface area (Å²) in [5.41, 5.74) is 1.22. The molecular formula is C9H9BrN2. The molecule has 0 atom stereocenters. The minimum atomic E-state index is 0.209. The highest BCUT2D eigenvalue weighted by Crippen LogP contribution is 2.22. The molecule has 12 heavy (non-hydrogen) atoms. The van der Waals surface area contributed by atoms with Gasteiger partial charge in [0.05, 0.1) is 0 Å². The van der Waals surface area contributed by atoms with Gasteiger partial charge in [0.2, 0.25) is 0 Å². The largest absolute Gasteiger partial charge is 0.366 e. The van der Waals surface area contributed by atoms with Gasteiger partial charge in [-0.1, -0.05) is 34.1 Å². The fourth-order valence-electron chi connectivity index (χ4n) is 1.23.